The average molecular weight is 810 g/mol. The molecule has 0 bridgehead atoms. The Balaban J connectivity index is 2.41. The number of likely N-dealkylation sites (N-methyl/N-ethyl adjacent to an activating group) is 1. The minimum Gasteiger partial charge on any atom is -0.756 e. The lowest BCUT2D eigenvalue weighted by atomic mass is 10.0. The number of unbranched alkanes of at least 4 members (excludes halogenated alkanes) is 12. The third-order valence-electron chi connectivity index (χ3n) is 9.62. The molecular weight excluding hydrogens is 733 g/mol. The van der Waals surface area contributed by atoms with E-state index in [1.807, 2.05) is 33.3 Å². The maximum absolute atomic E-state index is 12.7. The number of esters is 2. The van der Waals surface area contributed by atoms with Crippen molar-refractivity contribution in [1.82, 2.24) is 0 Å². The topological polar surface area (TPSA) is 141 Å². The number of quaternary nitrogens is 1. The number of carbonyl (C=O) groups excluding carboxylic acids is 3. The van der Waals surface area contributed by atoms with Crippen LogP contribution in [0.2, 0.25) is 0 Å². The molecule has 1 rings (SSSR count). The first kappa shape index (κ1) is 51.5. The summed E-state index contributed by atoms with van der Waals surface area (Å²) in [5.74, 6) is 1.37. The summed E-state index contributed by atoms with van der Waals surface area (Å²) in [4.78, 5) is 49.7. The number of ether oxygens (including phenoxy) is 2. The van der Waals surface area contributed by atoms with Gasteiger partial charge in [0, 0.05) is 32.1 Å². The molecule has 1 aromatic heterocycles. The maximum atomic E-state index is 12.7. The van der Waals surface area contributed by atoms with E-state index in [9.17, 15) is 23.8 Å². The summed E-state index contributed by atoms with van der Waals surface area (Å²) in [7, 11) is 1.06. The number of nitrogens with zero attached hydrogens (tertiary/aromatic N) is 1. The molecule has 0 amide bonds. The Morgan fingerprint density at radius 2 is 1.30 bits per heavy atom. The molecule has 0 aliphatic heterocycles. The number of allylic oxidation sites excluding steroid dienone is 4. The van der Waals surface area contributed by atoms with Gasteiger partial charge in [0.25, 0.3) is 7.82 Å². The third kappa shape index (κ3) is 27.1. The summed E-state index contributed by atoms with van der Waals surface area (Å²) >= 11 is 0. The molecule has 2 atom stereocenters. The van der Waals surface area contributed by atoms with Crippen LogP contribution in [-0.4, -0.2) is 75.8 Å². The van der Waals surface area contributed by atoms with Crippen LogP contribution in [-0.2, 0) is 50.3 Å². The molecule has 0 aromatic carbocycles. The molecule has 0 saturated heterocycles. The molecule has 0 aliphatic carbocycles. The smallest absolute Gasteiger partial charge is 0.306 e. The molecule has 12 heteroatoms. The van der Waals surface area contributed by atoms with Gasteiger partial charge in [-0.15, -0.1) is 0 Å². The molecule has 0 aliphatic rings. The van der Waals surface area contributed by atoms with Crippen molar-refractivity contribution in [1.29, 1.82) is 0 Å². The van der Waals surface area contributed by atoms with Crippen molar-refractivity contribution in [3.8, 4) is 0 Å². The van der Waals surface area contributed by atoms with E-state index in [0.29, 0.717) is 30.3 Å². The Bertz CT molecular complexity index is 1350. The molecule has 0 fully saturated rings. The molecule has 56 heavy (non-hydrogen) atoms. The van der Waals surface area contributed by atoms with Crippen molar-refractivity contribution in [2.75, 3.05) is 47.5 Å². The number of ketones is 1. The summed E-state index contributed by atoms with van der Waals surface area (Å²) in [6, 6.07) is 0. The highest BCUT2D eigenvalue weighted by Gasteiger charge is 2.22. The van der Waals surface area contributed by atoms with Crippen LogP contribution in [0.3, 0.4) is 0 Å². The highest BCUT2D eigenvalue weighted by Crippen LogP contribution is 2.38. The third-order valence-corrected chi connectivity index (χ3v) is 10.6. The normalized spacial score (nSPS) is 13.7. The maximum Gasteiger partial charge on any atom is 0.306 e. The lowest BCUT2D eigenvalue weighted by Gasteiger charge is -2.28. The van der Waals surface area contributed by atoms with Crippen LogP contribution in [0.15, 0.2) is 28.7 Å². The number of carbonyl (C=O) groups is 3. The zero-order chi connectivity index (χ0) is 41.7. The van der Waals surface area contributed by atoms with Gasteiger partial charge in [0.1, 0.15) is 31.3 Å². The van der Waals surface area contributed by atoms with Gasteiger partial charge in [-0.1, -0.05) is 89.9 Å². The Morgan fingerprint density at radius 3 is 1.93 bits per heavy atom. The fourth-order valence-electron chi connectivity index (χ4n) is 5.98. The summed E-state index contributed by atoms with van der Waals surface area (Å²) in [5.41, 5.74) is 2.56. The number of hydrogen-bond acceptors (Lipinski definition) is 10. The summed E-state index contributed by atoms with van der Waals surface area (Å²) in [6.07, 6.45) is 24.6. The number of phosphoric acid groups is 1. The molecule has 0 radical (unpaired) electrons. The van der Waals surface area contributed by atoms with Crippen LogP contribution >= 0.6 is 7.82 Å². The van der Waals surface area contributed by atoms with Crippen LogP contribution in [0.1, 0.15) is 158 Å². The molecular formula is C44H76NO10P. The first-order valence-corrected chi connectivity index (χ1v) is 22.8. The van der Waals surface area contributed by atoms with Crippen molar-refractivity contribution >= 4 is 25.5 Å². The van der Waals surface area contributed by atoms with Gasteiger partial charge in [-0.3, -0.25) is 18.9 Å². The molecule has 11 nitrogen and oxygen atoms in total. The standard InChI is InChI=1S/C44H76NO10P/c1-8-10-11-12-13-17-22-28-39(46)29-23-18-16-21-26-32-44(48)54-40(36-53-56(49,50)52-34-33-45(5,6)7)35-51-43(47)31-25-20-15-14-19-24-30-42-38(4)37(3)41(55-42)27-9-2/h13,17,22,28,40H,8-12,14-16,18-21,23-27,29-36H2,1-7H3/b17-13-,28-22+/t40-/m1/s1. The van der Waals surface area contributed by atoms with E-state index in [4.69, 9.17) is 22.9 Å². The van der Waals surface area contributed by atoms with E-state index in [1.165, 1.54) is 30.4 Å². The second-order valence-electron chi connectivity index (χ2n) is 16.0. The van der Waals surface area contributed by atoms with Gasteiger partial charge in [-0.05, 0) is 76.0 Å². The van der Waals surface area contributed by atoms with Crippen LogP contribution < -0.4 is 4.89 Å². The second-order valence-corrected chi connectivity index (χ2v) is 17.4. The van der Waals surface area contributed by atoms with Crippen LogP contribution in [0, 0.1) is 13.8 Å². The largest absolute Gasteiger partial charge is 0.756 e. The zero-order valence-corrected chi connectivity index (χ0v) is 36.9. The van der Waals surface area contributed by atoms with Gasteiger partial charge in [-0.25, -0.2) is 0 Å². The quantitative estimate of drug-likeness (QED) is 0.0162. The van der Waals surface area contributed by atoms with E-state index in [2.05, 4.69) is 33.8 Å². The van der Waals surface area contributed by atoms with E-state index in [0.717, 1.165) is 95.0 Å². The Kier molecular flexibility index (Phi) is 28.0. The van der Waals surface area contributed by atoms with E-state index < -0.39 is 32.5 Å². The first-order chi connectivity index (χ1) is 26.7. The minimum atomic E-state index is -4.67. The molecule has 322 valence electrons. The fourth-order valence-corrected chi connectivity index (χ4v) is 6.70. The minimum absolute atomic E-state index is 0.0612. The zero-order valence-electron chi connectivity index (χ0n) is 36.0. The SMILES string of the molecule is CCCCC/C=C\C=C\C(=O)CCCCCCCC(=O)O[C@H](COC(=O)CCCCCCCCc1oc(CCC)c(C)c1C)COP(=O)([O-])OCC[N+](C)(C)C. The lowest BCUT2D eigenvalue weighted by molar-refractivity contribution is -0.870. The Labute approximate surface area is 339 Å². The fraction of sp³-hybridized carbons (Fsp3) is 0.750. The number of phosphoric ester groups is 1. The van der Waals surface area contributed by atoms with Gasteiger partial charge in [-0.2, -0.15) is 0 Å². The van der Waals surface area contributed by atoms with E-state index in [1.54, 1.807) is 6.08 Å². The van der Waals surface area contributed by atoms with Gasteiger partial charge in [0.15, 0.2) is 11.9 Å². The molecule has 0 saturated carbocycles. The van der Waals surface area contributed by atoms with E-state index in [-0.39, 0.29) is 31.8 Å². The van der Waals surface area contributed by atoms with Crippen molar-refractivity contribution in [3.05, 3.63) is 47.0 Å². The average Bonchev–Trinajstić information content (AvgIpc) is 3.40. The number of rotatable bonds is 35. The highest BCUT2D eigenvalue weighted by molar-refractivity contribution is 7.45. The van der Waals surface area contributed by atoms with Crippen molar-refractivity contribution in [2.45, 2.75) is 169 Å². The molecule has 1 aromatic rings. The summed E-state index contributed by atoms with van der Waals surface area (Å²) in [6.45, 7) is 8.17. The summed E-state index contributed by atoms with van der Waals surface area (Å²) < 4.78 is 39.9. The van der Waals surface area contributed by atoms with E-state index >= 15 is 0 Å². The van der Waals surface area contributed by atoms with Crippen LogP contribution in [0.25, 0.3) is 0 Å². The number of hydrogen-bond donors (Lipinski definition) is 0. The Morgan fingerprint density at radius 1 is 0.714 bits per heavy atom. The lowest BCUT2D eigenvalue weighted by Crippen LogP contribution is -2.37. The second kappa shape index (κ2) is 30.5. The van der Waals surface area contributed by atoms with Gasteiger partial charge < -0.3 is 32.3 Å². The van der Waals surface area contributed by atoms with Crippen molar-refractivity contribution in [2.24, 2.45) is 0 Å². The van der Waals surface area contributed by atoms with Crippen LogP contribution in [0.5, 0.6) is 0 Å². The van der Waals surface area contributed by atoms with Gasteiger partial charge >= 0.3 is 11.9 Å². The number of furan rings is 1. The molecule has 0 N–H and O–H groups in total. The summed E-state index contributed by atoms with van der Waals surface area (Å²) in [5, 5.41) is 0. The predicted octanol–water partition coefficient (Wildman–Crippen LogP) is 9.78. The van der Waals surface area contributed by atoms with Crippen molar-refractivity contribution in [3.63, 3.8) is 0 Å². The predicted molar refractivity (Wildman–Crippen MR) is 221 cm³/mol. The molecule has 1 heterocycles. The Hall–Kier alpha value is -2.56. The monoisotopic (exact) mass is 810 g/mol. The van der Waals surface area contributed by atoms with Crippen molar-refractivity contribution < 1.29 is 51.3 Å². The molecule has 0 spiro atoms. The first-order valence-electron chi connectivity index (χ1n) is 21.4. The molecule has 1 unspecified atom stereocenters. The van der Waals surface area contributed by atoms with Crippen LogP contribution in [0.4, 0.5) is 0 Å². The van der Waals surface area contributed by atoms with Gasteiger partial charge in [0.05, 0.1) is 27.7 Å². The highest BCUT2D eigenvalue weighted by atomic mass is 31.2. The number of aryl methyl sites for hydroxylation is 2. The van der Waals surface area contributed by atoms with Gasteiger partial charge in [0.2, 0.25) is 0 Å².